The molecule has 0 amide bonds. The highest BCUT2D eigenvalue weighted by molar-refractivity contribution is 7.98. The van der Waals surface area contributed by atoms with Gasteiger partial charge in [-0.05, 0) is 31.0 Å². The van der Waals surface area contributed by atoms with Crippen LogP contribution in [0.4, 0.5) is 0 Å². The lowest BCUT2D eigenvalue weighted by Gasteiger charge is -2.08. The Bertz CT molecular complexity index is 635. The Balaban J connectivity index is 1.62. The zero-order valence-corrected chi connectivity index (χ0v) is 12.4. The fourth-order valence-corrected chi connectivity index (χ4v) is 3.39. The fraction of sp³-hybridized carbons (Fsp3) is 0.400. The van der Waals surface area contributed by atoms with Gasteiger partial charge in [0.05, 0.1) is 22.3 Å². The Labute approximate surface area is 127 Å². The average Bonchev–Trinajstić information content (AvgIpc) is 3.16. The number of hydrogen-bond donors (Lipinski definition) is 1. The molecule has 0 saturated heterocycles. The summed E-state index contributed by atoms with van der Waals surface area (Å²) in [7, 11) is 0. The van der Waals surface area contributed by atoms with Crippen molar-refractivity contribution >= 4 is 17.7 Å². The zero-order valence-electron chi connectivity index (χ0n) is 11.6. The summed E-state index contributed by atoms with van der Waals surface area (Å²) in [4.78, 5) is 15.1. The van der Waals surface area contributed by atoms with Crippen LogP contribution in [0.25, 0.3) is 0 Å². The summed E-state index contributed by atoms with van der Waals surface area (Å²) < 4.78 is 2.07. The maximum absolute atomic E-state index is 10.9. The van der Waals surface area contributed by atoms with Gasteiger partial charge >= 0.3 is 5.97 Å². The molecule has 0 spiro atoms. The van der Waals surface area contributed by atoms with Gasteiger partial charge in [-0.2, -0.15) is 5.10 Å². The van der Waals surface area contributed by atoms with E-state index in [1.807, 2.05) is 12.3 Å². The number of nitrogens with zero attached hydrogens (tertiary/aromatic N) is 3. The largest absolute Gasteiger partial charge is 0.478 e. The number of carbonyl (C=O) groups is 1. The summed E-state index contributed by atoms with van der Waals surface area (Å²) >= 11 is 1.51. The molecule has 110 valence electrons. The number of aromatic nitrogens is 3. The normalized spacial score (nSPS) is 15.4. The first-order chi connectivity index (χ1) is 10.2. The monoisotopic (exact) mass is 303 g/mol. The maximum Gasteiger partial charge on any atom is 0.335 e. The summed E-state index contributed by atoms with van der Waals surface area (Å²) in [6.07, 6.45) is 8.60. The molecular weight excluding hydrogens is 286 g/mol. The van der Waals surface area contributed by atoms with E-state index in [9.17, 15) is 4.79 Å². The highest BCUT2D eigenvalue weighted by Crippen LogP contribution is 2.29. The van der Waals surface area contributed by atoms with Crippen LogP contribution in [-0.4, -0.2) is 25.8 Å². The molecule has 6 heteroatoms. The van der Waals surface area contributed by atoms with Gasteiger partial charge in [0.15, 0.2) is 0 Å². The smallest absolute Gasteiger partial charge is 0.335 e. The van der Waals surface area contributed by atoms with Gasteiger partial charge < -0.3 is 5.11 Å². The highest BCUT2D eigenvalue weighted by Gasteiger charge is 2.17. The van der Waals surface area contributed by atoms with Crippen LogP contribution < -0.4 is 0 Å². The van der Waals surface area contributed by atoms with Crippen molar-refractivity contribution in [3.05, 3.63) is 41.9 Å². The summed E-state index contributed by atoms with van der Waals surface area (Å²) in [6.45, 7) is 0. The minimum atomic E-state index is -0.926. The molecule has 0 unspecified atom stereocenters. The van der Waals surface area contributed by atoms with Crippen LogP contribution in [0.3, 0.4) is 0 Å². The Morgan fingerprint density at radius 2 is 2.19 bits per heavy atom. The first-order valence-electron chi connectivity index (χ1n) is 7.08. The maximum atomic E-state index is 10.9. The van der Waals surface area contributed by atoms with Gasteiger partial charge in [0.1, 0.15) is 0 Å². The Morgan fingerprint density at radius 3 is 2.95 bits per heavy atom. The van der Waals surface area contributed by atoms with Crippen LogP contribution in [-0.2, 0) is 5.75 Å². The Kier molecular flexibility index (Phi) is 4.24. The molecule has 0 aromatic carbocycles. The topological polar surface area (TPSA) is 68.0 Å². The van der Waals surface area contributed by atoms with Crippen LogP contribution in [0.1, 0.15) is 47.8 Å². The van der Waals surface area contributed by atoms with Gasteiger partial charge in [-0.1, -0.05) is 24.6 Å². The molecule has 0 atom stereocenters. The van der Waals surface area contributed by atoms with Crippen molar-refractivity contribution in [1.29, 1.82) is 0 Å². The lowest BCUT2D eigenvalue weighted by molar-refractivity contribution is 0.0696. The molecule has 1 N–H and O–H groups in total. The summed E-state index contributed by atoms with van der Waals surface area (Å²) in [5.74, 6) is -0.222. The molecule has 0 radical (unpaired) electrons. The van der Waals surface area contributed by atoms with E-state index in [2.05, 4.69) is 14.8 Å². The van der Waals surface area contributed by atoms with Crippen molar-refractivity contribution in [2.75, 3.05) is 0 Å². The quantitative estimate of drug-likeness (QED) is 0.858. The number of pyridine rings is 1. The first-order valence-corrected chi connectivity index (χ1v) is 8.07. The van der Waals surface area contributed by atoms with Crippen LogP contribution >= 0.6 is 11.8 Å². The number of carboxylic acids is 1. The molecule has 2 heterocycles. The molecule has 5 nitrogen and oxygen atoms in total. The number of hydrogen-bond acceptors (Lipinski definition) is 4. The van der Waals surface area contributed by atoms with Crippen LogP contribution in [0.15, 0.2) is 35.6 Å². The summed E-state index contributed by atoms with van der Waals surface area (Å²) in [6, 6.07) is 5.69. The van der Waals surface area contributed by atoms with E-state index in [1.54, 1.807) is 6.07 Å². The van der Waals surface area contributed by atoms with E-state index in [-0.39, 0.29) is 5.56 Å². The van der Waals surface area contributed by atoms with Crippen molar-refractivity contribution in [2.24, 2.45) is 0 Å². The third-order valence-electron chi connectivity index (χ3n) is 3.71. The first kappa shape index (κ1) is 14.1. The SMILES string of the molecule is O=C(O)c1ccnc(SCc2ccn(C3CCCC3)n2)c1. The standard InChI is InChI=1S/C15H17N3O2S/c19-15(20)11-5-7-16-14(9-11)21-10-12-6-8-18(17-12)13-3-1-2-4-13/h5-9,13H,1-4,10H2,(H,19,20). The number of aromatic carboxylic acids is 1. The third-order valence-corrected chi connectivity index (χ3v) is 4.67. The molecule has 21 heavy (non-hydrogen) atoms. The third kappa shape index (κ3) is 3.44. The number of carboxylic acid groups (broad SMARTS) is 1. The van der Waals surface area contributed by atoms with Gasteiger partial charge in [-0.3, -0.25) is 4.68 Å². The number of rotatable bonds is 5. The second-order valence-corrected chi connectivity index (χ2v) is 6.20. The second-order valence-electron chi connectivity index (χ2n) is 5.20. The predicted molar refractivity (Wildman–Crippen MR) is 80.5 cm³/mol. The van der Waals surface area contributed by atoms with Crippen LogP contribution in [0, 0.1) is 0 Å². The second kappa shape index (κ2) is 6.30. The molecule has 1 aliphatic carbocycles. The van der Waals surface area contributed by atoms with Crippen molar-refractivity contribution in [1.82, 2.24) is 14.8 Å². The van der Waals surface area contributed by atoms with Crippen molar-refractivity contribution in [2.45, 2.75) is 42.5 Å². The minimum absolute atomic E-state index is 0.268. The van der Waals surface area contributed by atoms with E-state index in [1.165, 1.54) is 49.7 Å². The summed E-state index contributed by atoms with van der Waals surface area (Å²) in [5.41, 5.74) is 1.28. The number of thioether (sulfide) groups is 1. The highest BCUT2D eigenvalue weighted by atomic mass is 32.2. The van der Waals surface area contributed by atoms with Crippen LogP contribution in [0.2, 0.25) is 0 Å². The van der Waals surface area contributed by atoms with Gasteiger partial charge in [-0.25, -0.2) is 9.78 Å². The molecule has 1 saturated carbocycles. The van der Waals surface area contributed by atoms with E-state index in [4.69, 9.17) is 5.11 Å². The Hall–Kier alpha value is -1.82. The Morgan fingerprint density at radius 1 is 1.38 bits per heavy atom. The van der Waals surface area contributed by atoms with Gasteiger partial charge in [0.25, 0.3) is 0 Å². The average molecular weight is 303 g/mol. The fourth-order valence-electron chi connectivity index (χ4n) is 2.60. The zero-order chi connectivity index (χ0) is 14.7. The molecule has 1 aliphatic rings. The van der Waals surface area contributed by atoms with Gasteiger partial charge in [0, 0.05) is 18.1 Å². The van der Waals surface area contributed by atoms with Crippen molar-refractivity contribution in [3.8, 4) is 0 Å². The molecule has 3 rings (SSSR count). The molecular formula is C15H17N3O2S. The predicted octanol–water partition coefficient (Wildman–Crippen LogP) is 3.38. The molecule has 2 aromatic rings. The van der Waals surface area contributed by atoms with E-state index < -0.39 is 5.97 Å². The van der Waals surface area contributed by atoms with E-state index >= 15 is 0 Å². The van der Waals surface area contributed by atoms with Crippen molar-refractivity contribution in [3.63, 3.8) is 0 Å². The van der Waals surface area contributed by atoms with E-state index in [0.29, 0.717) is 16.8 Å². The molecule has 2 aromatic heterocycles. The lowest BCUT2D eigenvalue weighted by atomic mass is 10.3. The molecule has 0 aliphatic heterocycles. The van der Waals surface area contributed by atoms with Gasteiger partial charge in [-0.15, -0.1) is 0 Å². The minimum Gasteiger partial charge on any atom is -0.478 e. The van der Waals surface area contributed by atoms with Crippen molar-refractivity contribution < 1.29 is 9.90 Å². The molecule has 1 fully saturated rings. The molecule has 0 bridgehead atoms. The van der Waals surface area contributed by atoms with E-state index in [0.717, 1.165) is 5.69 Å². The van der Waals surface area contributed by atoms with Crippen LogP contribution in [0.5, 0.6) is 0 Å². The summed E-state index contributed by atoms with van der Waals surface area (Å²) in [5, 5.41) is 14.3. The lowest BCUT2D eigenvalue weighted by Crippen LogP contribution is -2.05. The van der Waals surface area contributed by atoms with Gasteiger partial charge in [0.2, 0.25) is 0 Å².